The fourth-order valence-electron chi connectivity index (χ4n) is 1.73. The van der Waals surface area contributed by atoms with E-state index in [0.29, 0.717) is 18.2 Å². The Balaban J connectivity index is 2.07. The molecule has 0 spiro atoms. The summed E-state index contributed by atoms with van der Waals surface area (Å²) in [6, 6.07) is 8.11. The molecule has 2 rings (SSSR count). The molecule has 2 aromatic rings. The van der Waals surface area contributed by atoms with Gasteiger partial charge >= 0.3 is 5.97 Å². The molecule has 1 aromatic carbocycles. The van der Waals surface area contributed by atoms with Crippen LogP contribution in [-0.4, -0.2) is 22.5 Å². The highest BCUT2D eigenvalue weighted by molar-refractivity contribution is 7.98. The van der Waals surface area contributed by atoms with Crippen molar-refractivity contribution in [3.05, 3.63) is 47.4 Å². The topological polar surface area (TPSA) is 78.1 Å². The minimum absolute atomic E-state index is 0.156. The number of carbonyl (C=O) groups excluding carboxylic acids is 1. The molecule has 0 bridgehead atoms. The van der Waals surface area contributed by atoms with E-state index in [1.165, 1.54) is 16.7 Å². The number of aryl methyl sites for hydroxylation is 1. The van der Waals surface area contributed by atoms with Crippen LogP contribution in [0, 0.1) is 6.92 Å². The molecule has 0 radical (unpaired) electrons. The summed E-state index contributed by atoms with van der Waals surface area (Å²) in [6.07, 6.45) is 1.42. The summed E-state index contributed by atoms with van der Waals surface area (Å²) in [5.74, 6) is 0.851. The van der Waals surface area contributed by atoms with Gasteiger partial charge in [0.25, 0.3) is 0 Å². The third kappa shape index (κ3) is 3.95. The number of ether oxygens (including phenoxy) is 1. The van der Waals surface area contributed by atoms with E-state index in [0.717, 1.165) is 0 Å². The van der Waals surface area contributed by atoms with Crippen molar-refractivity contribution in [1.29, 1.82) is 0 Å². The SMILES string of the molecule is CCOC(=O)c1cnc(CSc2ccccc2C)nc1N. The van der Waals surface area contributed by atoms with Crippen molar-refractivity contribution in [3.8, 4) is 0 Å². The number of anilines is 1. The quantitative estimate of drug-likeness (QED) is 0.676. The lowest BCUT2D eigenvalue weighted by molar-refractivity contribution is 0.0526. The Labute approximate surface area is 127 Å². The molecule has 6 heteroatoms. The number of nitrogens with two attached hydrogens (primary N) is 1. The first-order valence-corrected chi connectivity index (χ1v) is 7.57. The van der Waals surface area contributed by atoms with Crippen LogP contribution in [0.15, 0.2) is 35.4 Å². The van der Waals surface area contributed by atoms with Crippen molar-refractivity contribution in [1.82, 2.24) is 9.97 Å². The molecule has 0 aliphatic carbocycles. The maximum absolute atomic E-state index is 11.6. The van der Waals surface area contributed by atoms with Gasteiger partial charge in [-0.3, -0.25) is 0 Å². The third-order valence-corrected chi connectivity index (χ3v) is 3.99. The molecule has 1 aromatic heterocycles. The Morgan fingerprint density at radius 2 is 2.14 bits per heavy atom. The number of hydrogen-bond donors (Lipinski definition) is 1. The van der Waals surface area contributed by atoms with Gasteiger partial charge in [0.2, 0.25) is 0 Å². The average molecular weight is 303 g/mol. The minimum atomic E-state index is -0.492. The zero-order valence-electron chi connectivity index (χ0n) is 12.0. The predicted octanol–water partition coefficient (Wildman–Crippen LogP) is 2.84. The lowest BCUT2D eigenvalue weighted by Gasteiger charge is -2.07. The molecular formula is C15H17N3O2S. The van der Waals surface area contributed by atoms with E-state index in [9.17, 15) is 4.79 Å². The van der Waals surface area contributed by atoms with Gasteiger partial charge in [0.15, 0.2) is 0 Å². The standard InChI is InChI=1S/C15H17N3O2S/c1-3-20-15(19)11-8-17-13(18-14(11)16)9-21-12-7-5-4-6-10(12)2/h4-8H,3,9H2,1-2H3,(H2,16,17,18). The summed E-state index contributed by atoms with van der Waals surface area (Å²) >= 11 is 1.64. The molecule has 21 heavy (non-hydrogen) atoms. The number of carbonyl (C=O) groups is 1. The first-order valence-electron chi connectivity index (χ1n) is 6.58. The molecule has 0 saturated heterocycles. The molecule has 5 nitrogen and oxygen atoms in total. The molecule has 0 saturated carbocycles. The summed E-state index contributed by atoms with van der Waals surface area (Å²) in [5.41, 5.74) is 7.21. The van der Waals surface area contributed by atoms with E-state index < -0.39 is 5.97 Å². The van der Waals surface area contributed by atoms with Crippen LogP contribution in [0.5, 0.6) is 0 Å². The van der Waals surface area contributed by atoms with E-state index in [2.05, 4.69) is 29.0 Å². The number of nitrogens with zero attached hydrogens (tertiary/aromatic N) is 2. The molecule has 2 N–H and O–H groups in total. The van der Waals surface area contributed by atoms with Crippen molar-refractivity contribution in [2.24, 2.45) is 0 Å². The van der Waals surface area contributed by atoms with E-state index in [1.807, 2.05) is 12.1 Å². The van der Waals surface area contributed by atoms with Crippen molar-refractivity contribution >= 4 is 23.5 Å². The number of benzene rings is 1. The van der Waals surface area contributed by atoms with Crippen LogP contribution in [0.3, 0.4) is 0 Å². The summed E-state index contributed by atoms with van der Waals surface area (Å²) < 4.78 is 4.89. The van der Waals surface area contributed by atoms with Gasteiger partial charge in [0.05, 0.1) is 12.4 Å². The van der Waals surface area contributed by atoms with Crippen LogP contribution in [0.25, 0.3) is 0 Å². The highest BCUT2D eigenvalue weighted by Crippen LogP contribution is 2.25. The Morgan fingerprint density at radius 3 is 2.81 bits per heavy atom. The number of esters is 1. The maximum atomic E-state index is 11.6. The van der Waals surface area contributed by atoms with Crippen molar-refractivity contribution < 1.29 is 9.53 Å². The molecular weight excluding hydrogens is 286 g/mol. The number of thioether (sulfide) groups is 1. The van der Waals surface area contributed by atoms with Crippen LogP contribution < -0.4 is 5.73 Å². The van der Waals surface area contributed by atoms with Crippen LogP contribution in [0.2, 0.25) is 0 Å². The van der Waals surface area contributed by atoms with Gasteiger partial charge in [0.1, 0.15) is 17.2 Å². The molecule has 0 fully saturated rings. The average Bonchev–Trinajstić information content (AvgIpc) is 2.46. The van der Waals surface area contributed by atoms with Gasteiger partial charge in [-0.2, -0.15) is 0 Å². The monoisotopic (exact) mass is 303 g/mol. The van der Waals surface area contributed by atoms with Gasteiger partial charge in [-0.1, -0.05) is 18.2 Å². The molecule has 110 valence electrons. The van der Waals surface area contributed by atoms with Crippen molar-refractivity contribution in [2.45, 2.75) is 24.5 Å². The van der Waals surface area contributed by atoms with Gasteiger partial charge < -0.3 is 10.5 Å². The van der Waals surface area contributed by atoms with Gasteiger partial charge in [-0.25, -0.2) is 14.8 Å². The molecule has 1 heterocycles. The lowest BCUT2D eigenvalue weighted by atomic mass is 10.2. The van der Waals surface area contributed by atoms with E-state index in [-0.39, 0.29) is 11.4 Å². The largest absolute Gasteiger partial charge is 0.462 e. The first kappa shape index (κ1) is 15.3. The Hall–Kier alpha value is -2.08. The van der Waals surface area contributed by atoms with E-state index >= 15 is 0 Å². The first-order chi connectivity index (χ1) is 10.1. The summed E-state index contributed by atoms with van der Waals surface area (Å²) in [6.45, 7) is 4.09. The smallest absolute Gasteiger partial charge is 0.343 e. The third-order valence-electron chi connectivity index (χ3n) is 2.81. The second-order valence-electron chi connectivity index (χ2n) is 4.36. The maximum Gasteiger partial charge on any atom is 0.343 e. The van der Waals surface area contributed by atoms with Crippen LogP contribution in [-0.2, 0) is 10.5 Å². The Morgan fingerprint density at radius 1 is 1.38 bits per heavy atom. The van der Waals surface area contributed by atoms with Crippen LogP contribution in [0.1, 0.15) is 28.7 Å². The van der Waals surface area contributed by atoms with E-state index in [1.54, 1.807) is 18.7 Å². The number of rotatable bonds is 5. The second-order valence-corrected chi connectivity index (χ2v) is 5.38. The molecule has 0 aliphatic heterocycles. The minimum Gasteiger partial charge on any atom is -0.462 e. The lowest BCUT2D eigenvalue weighted by Crippen LogP contribution is -2.11. The zero-order chi connectivity index (χ0) is 15.2. The van der Waals surface area contributed by atoms with Gasteiger partial charge in [0, 0.05) is 11.1 Å². The number of nitrogen functional groups attached to an aromatic ring is 1. The molecule has 0 amide bonds. The highest BCUT2D eigenvalue weighted by Gasteiger charge is 2.13. The Bertz CT molecular complexity index is 647. The zero-order valence-corrected chi connectivity index (χ0v) is 12.8. The second kappa shape index (κ2) is 7.08. The summed E-state index contributed by atoms with van der Waals surface area (Å²) in [5, 5.41) is 0. The Kier molecular flexibility index (Phi) is 5.16. The summed E-state index contributed by atoms with van der Waals surface area (Å²) in [4.78, 5) is 21.1. The fraction of sp³-hybridized carbons (Fsp3) is 0.267. The predicted molar refractivity (Wildman–Crippen MR) is 83.1 cm³/mol. The molecule has 0 aliphatic rings. The van der Waals surface area contributed by atoms with Crippen LogP contribution >= 0.6 is 11.8 Å². The number of aromatic nitrogens is 2. The highest BCUT2D eigenvalue weighted by atomic mass is 32.2. The van der Waals surface area contributed by atoms with Gasteiger partial charge in [-0.05, 0) is 25.5 Å². The van der Waals surface area contributed by atoms with Crippen molar-refractivity contribution in [2.75, 3.05) is 12.3 Å². The number of hydrogen-bond acceptors (Lipinski definition) is 6. The molecule has 0 atom stereocenters. The normalized spacial score (nSPS) is 10.4. The molecule has 0 unspecified atom stereocenters. The van der Waals surface area contributed by atoms with Crippen molar-refractivity contribution in [3.63, 3.8) is 0 Å². The van der Waals surface area contributed by atoms with Gasteiger partial charge in [-0.15, -0.1) is 11.8 Å². The van der Waals surface area contributed by atoms with Crippen LogP contribution in [0.4, 0.5) is 5.82 Å². The summed E-state index contributed by atoms with van der Waals surface area (Å²) in [7, 11) is 0. The van der Waals surface area contributed by atoms with E-state index in [4.69, 9.17) is 10.5 Å². The fourth-order valence-corrected chi connectivity index (χ4v) is 2.62.